The normalized spacial score (nSPS) is 13.9. The van der Waals surface area contributed by atoms with Crippen molar-refractivity contribution < 1.29 is 14.3 Å². The fourth-order valence-corrected chi connectivity index (χ4v) is 2.20. The molecule has 0 aliphatic carbocycles. The number of carbonyl (C=O) groups excluding carboxylic acids is 2. The van der Waals surface area contributed by atoms with Crippen LogP contribution in [0.15, 0.2) is 24.3 Å². The Balaban J connectivity index is 1.81. The number of anilines is 1. The van der Waals surface area contributed by atoms with Gasteiger partial charge in [-0.2, -0.15) is 0 Å². The van der Waals surface area contributed by atoms with Crippen LogP contribution in [0.1, 0.15) is 38.3 Å². The molecule has 1 aromatic rings. The molecule has 0 radical (unpaired) electrons. The van der Waals surface area contributed by atoms with Crippen LogP contribution in [0.4, 0.5) is 10.5 Å². The van der Waals surface area contributed by atoms with Gasteiger partial charge in [-0.1, -0.05) is 30.4 Å². The molecule has 22 heavy (non-hydrogen) atoms. The first-order valence-electron chi connectivity index (χ1n) is 7.40. The summed E-state index contributed by atoms with van der Waals surface area (Å²) >= 11 is 0. The number of carbonyl (C=O) groups is 2. The van der Waals surface area contributed by atoms with Crippen LogP contribution in [0.2, 0.25) is 0 Å². The molecule has 0 saturated heterocycles. The third kappa shape index (κ3) is 4.62. The zero-order valence-corrected chi connectivity index (χ0v) is 13.2. The molecule has 0 bridgehead atoms. The maximum Gasteiger partial charge on any atom is 0.407 e. The second-order valence-electron chi connectivity index (χ2n) is 6.23. The van der Waals surface area contributed by atoms with Crippen LogP contribution in [0.5, 0.6) is 0 Å². The maximum absolute atomic E-state index is 11.5. The quantitative estimate of drug-likeness (QED) is 0.840. The first-order chi connectivity index (χ1) is 10.3. The minimum atomic E-state index is -0.483. The van der Waals surface area contributed by atoms with E-state index in [1.54, 1.807) is 0 Å². The van der Waals surface area contributed by atoms with Crippen LogP contribution in [0, 0.1) is 0 Å². The molecule has 1 aromatic carbocycles. The van der Waals surface area contributed by atoms with Crippen LogP contribution in [-0.4, -0.2) is 24.1 Å². The van der Waals surface area contributed by atoms with Crippen LogP contribution >= 0.6 is 0 Å². The van der Waals surface area contributed by atoms with Gasteiger partial charge in [0.05, 0.1) is 12.1 Å². The molecule has 0 saturated carbocycles. The summed E-state index contributed by atoms with van der Waals surface area (Å²) in [5, 5.41) is 5.57. The molecule has 2 rings (SSSR count). The van der Waals surface area contributed by atoms with Gasteiger partial charge < -0.3 is 15.4 Å². The van der Waals surface area contributed by atoms with Crippen molar-refractivity contribution >= 4 is 23.8 Å². The van der Waals surface area contributed by atoms with Gasteiger partial charge in [-0.3, -0.25) is 4.79 Å². The predicted octanol–water partition coefficient (Wildman–Crippen LogP) is 3.11. The number of hydrogen-bond donors (Lipinski definition) is 2. The Morgan fingerprint density at radius 3 is 2.91 bits per heavy atom. The number of amides is 2. The highest BCUT2D eigenvalue weighted by atomic mass is 16.6. The molecule has 1 heterocycles. The van der Waals surface area contributed by atoms with Gasteiger partial charge in [0.2, 0.25) is 5.91 Å². The zero-order valence-electron chi connectivity index (χ0n) is 13.2. The highest BCUT2D eigenvalue weighted by molar-refractivity contribution is 6.01. The Morgan fingerprint density at radius 1 is 1.41 bits per heavy atom. The molecule has 2 amide bonds. The SMILES string of the molecule is CC(C)(C)OC(=O)NCCC=Cc1cccc2c1NC(=O)C2. The minimum absolute atomic E-state index is 0.0300. The van der Waals surface area contributed by atoms with Crippen LogP contribution in [-0.2, 0) is 16.0 Å². The van der Waals surface area contributed by atoms with E-state index in [-0.39, 0.29) is 5.91 Å². The Bertz CT molecular complexity index is 600. The number of para-hydroxylation sites is 1. The molecule has 2 N–H and O–H groups in total. The summed E-state index contributed by atoms with van der Waals surface area (Å²) in [7, 11) is 0. The lowest BCUT2D eigenvalue weighted by atomic mass is 10.1. The van der Waals surface area contributed by atoms with Crippen LogP contribution in [0.3, 0.4) is 0 Å². The van der Waals surface area contributed by atoms with E-state index in [4.69, 9.17) is 4.74 Å². The molecular weight excluding hydrogens is 280 g/mol. The summed E-state index contributed by atoms with van der Waals surface area (Å²) in [6, 6.07) is 5.86. The summed E-state index contributed by atoms with van der Waals surface area (Å²) in [6.45, 7) is 6.00. The Kier molecular flexibility index (Phi) is 4.85. The first kappa shape index (κ1) is 16.1. The summed E-state index contributed by atoms with van der Waals surface area (Å²) < 4.78 is 5.15. The number of rotatable bonds is 4. The number of ether oxygens (including phenoxy) is 1. The Hall–Kier alpha value is -2.30. The molecule has 0 fully saturated rings. The Morgan fingerprint density at radius 2 is 2.18 bits per heavy atom. The van der Waals surface area contributed by atoms with Crippen LogP contribution < -0.4 is 10.6 Å². The fourth-order valence-electron chi connectivity index (χ4n) is 2.20. The van der Waals surface area contributed by atoms with E-state index in [1.807, 2.05) is 51.1 Å². The van der Waals surface area contributed by atoms with E-state index < -0.39 is 11.7 Å². The minimum Gasteiger partial charge on any atom is -0.444 e. The number of benzene rings is 1. The largest absolute Gasteiger partial charge is 0.444 e. The maximum atomic E-state index is 11.5. The number of fused-ring (bicyclic) bond motifs is 1. The predicted molar refractivity (Wildman–Crippen MR) is 86.7 cm³/mol. The molecule has 118 valence electrons. The van der Waals surface area contributed by atoms with Crippen molar-refractivity contribution in [1.82, 2.24) is 5.32 Å². The highest BCUT2D eigenvalue weighted by Gasteiger charge is 2.19. The van der Waals surface area contributed by atoms with Gasteiger partial charge in [0, 0.05) is 6.54 Å². The summed E-state index contributed by atoms with van der Waals surface area (Å²) in [6.07, 6.45) is 4.65. The molecule has 5 nitrogen and oxygen atoms in total. The molecule has 0 spiro atoms. The molecule has 0 atom stereocenters. The van der Waals surface area contributed by atoms with Gasteiger partial charge in [0.1, 0.15) is 5.60 Å². The second-order valence-corrected chi connectivity index (χ2v) is 6.23. The zero-order chi connectivity index (χ0) is 16.2. The topological polar surface area (TPSA) is 67.4 Å². The van der Waals surface area contributed by atoms with Crippen molar-refractivity contribution in [2.24, 2.45) is 0 Å². The molecule has 1 aliphatic heterocycles. The lowest BCUT2D eigenvalue weighted by Gasteiger charge is -2.19. The van der Waals surface area contributed by atoms with E-state index >= 15 is 0 Å². The number of alkyl carbamates (subject to hydrolysis) is 1. The average Bonchev–Trinajstić information content (AvgIpc) is 2.77. The lowest BCUT2D eigenvalue weighted by molar-refractivity contribution is -0.115. The fraction of sp³-hybridized carbons (Fsp3) is 0.412. The third-order valence-electron chi connectivity index (χ3n) is 3.08. The number of hydrogen-bond acceptors (Lipinski definition) is 3. The lowest BCUT2D eigenvalue weighted by Crippen LogP contribution is -2.32. The van der Waals surface area contributed by atoms with Crippen molar-refractivity contribution in [1.29, 1.82) is 0 Å². The van der Waals surface area contributed by atoms with E-state index in [0.29, 0.717) is 19.4 Å². The van der Waals surface area contributed by atoms with Gasteiger partial charge in [-0.25, -0.2) is 4.79 Å². The monoisotopic (exact) mass is 302 g/mol. The van der Waals surface area contributed by atoms with Crippen molar-refractivity contribution in [2.45, 2.75) is 39.2 Å². The second kappa shape index (κ2) is 6.64. The molecule has 0 unspecified atom stereocenters. The van der Waals surface area contributed by atoms with Crippen molar-refractivity contribution in [2.75, 3.05) is 11.9 Å². The van der Waals surface area contributed by atoms with Gasteiger partial charge in [-0.15, -0.1) is 0 Å². The molecular formula is C17H22N2O3. The van der Waals surface area contributed by atoms with Gasteiger partial charge >= 0.3 is 6.09 Å². The summed E-state index contributed by atoms with van der Waals surface area (Å²) in [4.78, 5) is 22.9. The van der Waals surface area contributed by atoms with E-state index in [1.165, 1.54) is 0 Å². The third-order valence-corrected chi connectivity index (χ3v) is 3.08. The van der Waals surface area contributed by atoms with E-state index in [0.717, 1.165) is 16.8 Å². The van der Waals surface area contributed by atoms with E-state index in [2.05, 4.69) is 10.6 Å². The smallest absolute Gasteiger partial charge is 0.407 e. The van der Waals surface area contributed by atoms with Gasteiger partial charge in [0.15, 0.2) is 0 Å². The average molecular weight is 302 g/mol. The molecule has 1 aliphatic rings. The summed E-state index contributed by atoms with van der Waals surface area (Å²) in [5.74, 6) is 0.0300. The van der Waals surface area contributed by atoms with Gasteiger partial charge in [0.25, 0.3) is 0 Å². The molecule has 5 heteroatoms. The van der Waals surface area contributed by atoms with Crippen molar-refractivity contribution in [3.05, 3.63) is 35.4 Å². The van der Waals surface area contributed by atoms with Crippen molar-refractivity contribution in [3.8, 4) is 0 Å². The summed E-state index contributed by atoms with van der Waals surface area (Å²) in [5.41, 5.74) is 2.42. The first-order valence-corrected chi connectivity index (χ1v) is 7.40. The van der Waals surface area contributed by atoms with Crippen molar-refractivity contribution in [3.63, 3.8) is 0 Å². The Labute approximate surface area is 130 Å². The van der Waals surface area contributed by atoms with E-state index in [9.17, 15) is 9.59 Å². The number of nitrogens with one attached hydrogen (secondary N) is 2. The highest BCUT2D eigenvalue weighted by Crippen LogP contribution is 2.27. The van der Waals surface area contributed by atoms with Gasteiger partial charge in [-0.05, 0) is 38.3 Å². The van der Waals surface area contributed by atoms with Crippen LogP contribution in [0.25, 0.3) is 6.08 Å². The standard InChI is InChI=1S/C17H22N2O3/c1-17(2,3)22-16(21)18-10-5-4-7-12-8-6-9-13-11-14(20)19-15(12)13/h4,6-9H,5,10-11H2,1-3H3,(H,18,21)(H,19,20). The molecule has 0 aromatic heterocycles.